The Labute approximate surface area is 190 Å². The molecule has 0 saturated heterocycles. The van der Waals surface area contributed by atoms with E-state index in [1.165, 1.54) is 24.0 Å². The molecule has 3 aromatic heterocycles. The topological polar surface area (TPSA) is 65.1 Å². The molecule has 1 fully saturated rings. The van der Waals surface area contributed by atoms with E-state index in [1.54, 1.807) is 10.9 Å². The van der Waals surface area contributed by atoms with Crippen LogP contribution in [0.5, 0.6) is 0 Å². The second-order valence-electron chi connectivity index (χ2n) is 8.71. The number of carbonyl (C=O) groups is 1. The zero-order valence-corrected chi connectivity index (χ0v) is 18.3. The van der Waals surface area contributed by atoms with Gasteiger partial charge < -0.3 is 4.40 Å². The average Bonchev–Trinajstić information content (AvgIpc) is 3.24. The second-order valence-corrected chi connectivity index (χ2v) is 9.11. The number of hydrogen-bond acceptors (Lipinski definition) is 4. The largest absolute Gasteiger partial charge is 0.306 e. The predicted molar refractivity (Wildman–Crippen MR) is 123 cm³/mol. The molecule has 0 unspecified atom stereocenters. The number of halogens is 1. The van der Waals surface area contributed by atoms with Crippen LogP contribution < -0.4 is 0 Å². The molecular formula is C25H22ClN5O. The molecular weight excluding hydrogens is 422 g/mol. The number of Topliss-reactive ketones (excluding diaryl/α,β-unsaturated/α-hetero) is 1. The first kappa shape index (κ1) is 19.4. The van der Waals surface area contributed by atoms with E-state index in [-0.39, 0.29) is 5.78 Å². The molecule has 2 aliphatic rings. The van der Waals surface area contributed by atoms with Crippen molar-refractivity contribution < 1.29 is 4.79 Å². The van der Waals surface area contributed by atoms with Gasteiger partial charge in [-0.2, -0.15) is 0 Å². The van der Waals surface area contributed by atoms with Crippen molar-refractivity contribution in [3.05, 3.63) is 88.6 Å². The van der Waals surface area contributed by atoms with Crippen LogP contribution in [-0.2, 0) is 19.4 Å². The number of rotatable bonds is 7. The lowest BCUT2D eigenvalue weighted by Gasteiger charge is -2.05. The normalized spacial score (nSPS) is 15.2. The summed E-state index contributed by atoms with van der Waals surface area (Å²) in [5.74, 6) is 0.696. The van der Waals surface area contributed by atoms with Crippen molar-refractivity contribution in [1.82, 2.24) is 24.4 Å². The van der Waals surface area contributed by atoms with Gasteiger partial charge in [0.2, 0.25) is 0 Å². The summed E-state index contributed by atoms with van der Waals surface area (Å²) in [4.78, 5) is 17.3. The number of imidazole rings is 1. The first-order valence-corrected chi connectivity index (χ1v) is 11.4. The van der Waals surface area contributed by atoms with E-state index >= 15 is 0 Å². The predicted octanol–water partition coefficient (Wildman–Crippen LogP) is 4.80. The Bertz CT molecular complexity index is 1380. The van der Waals surface area contributed by atoms with Crippen molar-refractivity contribution in [2.24, 2.45) is 0 Å². The molecule has 1 saturated carbocycles. The van der Waals surface area contributed by atoms with Gasteiger partial charge in [-0.3, -0.25) is 4.79 Å². The van der Waals surface area contributed by atoms with Gasteiger partial charge >= 0.3 is 0 Å². The minimum Gasteiger partial charge on any atom is -0.306 e. The van der Waals surface area contributed by atoms with Gasteiger partial charge in [-0.1, -0.05) is 41.1 Å². The first-order valence-electron chi connectivity index (χ1n) is 11.0. The fraction of sp³-hybridized carbons (Fsp3) is 0.280. The van der Waals surface area contributed by atoms with Crippen LogP contribution in [0.25, 0.3) is 10.7 Å². The van der Waals surface area contributed by atoms with Crippen LogP contribution in [-0.4, -0.2) is 30.2 Å². The highest BCUT2D eigenvalue weighted by atomic mass is 35.5. The van der Waals surface area contributed by atoms with Gasteiger partial charge in [0.25, 0.3) is 0 Å². The number of benzene rings is 1. The Balaban J connectivity index is 1.11. The van der Waals surface area contributed by atoms with Gasteiger partial charge in [0.15, 0.2) is 5.78 Å². The maximum atomic E-state index is 12.7. The maximum Gasteiger partial charge on any atom is 0.185 e. The fourth-order valence-electron chi connectivity index (χ4n) is 4.34. The molecule has 160 valence electrons. The van der Waals surface area contributed by atoms with Crippen molar-refractivity contribution in [2.45, 2.75) is 44.6 Å². The molecule has 2 aliphatic carbocycles. The number of allylic oxidation sites excluding steroid dienone is 1. The molecule has 0 radical (unpaired) electrons. The molecule has 7 heteroatoms. The smallest absolute Gasteiger partial charge is 0.185 e. The minimum absolute atomic E-state index is 0.0116. The van der Waals surface area contributed by atoms with Crippen molar-refractivity contribution in [3.63, 3.8) is 0 Å². The number of aryl methyl sites for hydroxylation is 1. The average molecular weight is 444 g/mol. The van der Waals surface area contributed by atoms with Crippen molar-refractivity contribution in [2.75, 3.05) is 0 Å². The summed E-state index contributed by atoms with van der Waals surface area (Å²) < 4.78 is 3.75. The fourth-order valence-corrected chi connectivity index (χ4v) is 4.59. The third-order valence-electron chi connectivity index (χ3n) is 6.29. The molecule has 6 nitrogen and oxygen atoms in total. The number of ketones is 1. The molecule has 1 aromatic carbocycles. The van der Waals surface area contributed by atoms with Crippen LogP contribution in [0.2, 0.25) is 0 Å². The van der Waals surface area contributed by atoms with Crippen molar-refractivity contribution in [3.8, 4) is 0 Å². The van der Waals surface area contributed by atoms with Crippen LogP contribution in [0, 0.1) is 0 Å². The summed E-state index contributed by atoms with van der Waals surface area (Å²) in [6.45, 7) is 0.483. The van der Waals surface area contributed by atoms with E-state index in [4.69, 9.17) is 11.6 Å². The highest BCUT2D eigenvalue weighted by Gasteiger charge is 2.23. The maximum absolute atomic E-state index is 12.7. The Kier molecular flexibility index (Phi) is 4.68. The highest BCUT2D eigenvalue weighted by Crippen LogP contribution is 2.39. The second kappa shape index (κ2) is 7.71. The quantitative estimate of drug-likeness (QED) is 0.385. The van der Waals surface area contributed by atoms with Crippen LogP contribution in [0.1, 0.15) is 63.6 Å². The van der Waals surface area contributed by atoms with E-state index < -0.39 is 0 Å². The van der Waals surface area contributed by atoms with E-state index in [2.05, 4.69) is 56.2 Å². The molecule has 32 heavy (non-hydrogen) atoms. The zero-order chi connectivity index (χ0) is 21.7. The number of carbonyl (C=O) groups excluding carboxylic acids is 1. The van der Waals surface area contributed by atoms with E-state index in [1.807, 2.05) is 12.3 Å². The zero-order valence-electron chi connectivity index (χ0n) is 17.5. The molecule has 0 spiro atoms. The van der Waals surface area contributed by atoms with Gasteiger partial charge in [-0.15, -0.1) is 5.10 Å². The van der Waals surface area contributed by atoms with Crippen LogP contribution in [0.4, 0.5) is 0 Å². The summed E-state index contributed by atoms with van der Waals surface area (Å²) in [6, 6.07) is 10.5. The molecule has 0 atom stereocenters. The van der Waals surface area contributed by atoms with Gasteiger partial charge in [0.05, 0.1) is 18.4 Å². The number of pyridine rings is 1. The van der Waals surface area contributed by atoms with E-state index in [0.717, 1.165) is 33.9 Å². The van der Waals surface area contributed by atoms with Gasteiger partial charge in [0, 0.05) is 23.8 Å². The number of aromatic nitrogens is 5. The van der Waals surface area contributed by atoms with E-state index in [9.17, 15) is 4.79 Å². The third kappa shape index (κ3) is 3.75. The molecule has 6 rings (SSSR count). The molecule has 0 bridgehead atoms. The summed E-state index contributed by atoms with van der Waals surface area (Å²) >= 11 is 6.26. The lowest BCUT2D eigenvalue weighted by molar-refractivity contribution is 0.0978. The van der Waals surface area contributed by atoms with Gasteiger partial charge in [-0.05, 0) is 66.0 Å². The molecule has 0 amide bonds. The van der Waals surface area contributed by atoms with Crippen LogP contribution in [0.3, 0.4) is 0 Å². The highest BCUT2D eigenvalue weighted by molar-refractivity contribution is 6.49. The Morgan fingerprint density at radius 1 is 1.12 bits per heavy atom. The number of nitrogens with zero attached hydrogens (tertiary/aromatic N) is 5. The minimum atomic E-state index is -0.0116. The standard InChI is InChI=1S/C25H22ClN5O/c26-22-8-6-18-3-1-16(11-21(18)22)2-9-24(32)23-15-31(29-28-23)14-20-13-30-12-19(17-4-5-17)7-10-25(30)27-20/h1,3,7-8,10-13,15,17H,2,4-6,9,14H2. The summed E-state index contributed by atoms with van der Waals surface area (Å²) in [5.41, 5.74) is 7.01. The SMILES string of the molecule is O=C(CCc1ccc2c(c1)C(Cl)=CC2)c1cn(Cc2cn3cc(C4CC4)ccc3n2)nn1. The lowest BCUT2D eigenvalue weighted by atomic mass is 10.0. The Morgan fingerprint density at radius 2 is 2.03 bits per heavy atom. The van der Waals surface area contributed by atoms with Gasteiger partial charge in [-0.25, -0.2) is 9.67 Å². The first-order chi connectivity index (χ1) is 15.6. The Hall–Kier alpha value is -3.25. The Morgan fingerprint density at radius 3 is 2.91 bits per heavy atom. The number of hydrogen-bond donors (Lipinski definition) is 0. The summed E-state index contributed by atoms with van der Waals surface area (Å²) in [5, 5.41) is 9.03. The molecule has 0 N–H and O–H groups in total. The van der Waals surface area contributed by atoms with Crippen LogP contribution >= 0.6 is 11.6 Å². The van der Waals surface area contributed by atoms with Crippen LogP contribution in [0.15, 0.2) is 55.0 Å². The van der Waals surface area contributed by atoms with Crippen molar-refractivity contribution in [1.29, 1.82) is 0 Å². The summed E-state index contributed by atoms with van der Waals surface area (Å²) in [6.07, 6.45) is 12.4. The third-order valence-corrected chi connectivity index (χ3v) is 6.65. The number of fused-ring (bicyclic) bond motifs is 2. The monoisotopic (exact) mass is 443 g/mol. The lowest BCUT2D eigenvalue weighted by Crippen LogP contribution is -2.02. The molecule has 4 aromatic rings. The molecule has 3 heterocycles. The molecule has 0 aliphatic heterocycles. The van der Waals surface area contributed by atoms with E-state index in [0.29, 0.717) is 31.0 Å². The van der Waals surface area contributed by atoms with Gasteiger partial charge in [0.1, 0.15) is 11.3 Å². The summed E-state index contributed by atoms with van der Waals surface area (Å²) in [7, 11) is 0. The van der Waals surface area contributed by atoms with Crippen molar-refractivity contribution >= 4 is 28.1 Å².